The molecule has 0 radical (unpaired) electrons. The molecular formula is C36H47N13O14. The van der Waals surface area contributed by atoms with Crippen molar-refractivity contribution in [2.45, 2.75) is 87.7 Å². The molecule has 3 aliphatic rings. The molecule has 340 valence electrons. The Hall–Kier alpha value is -5.93. The minimum atomic E-state index is -1.33. The van der Waals surface area contributed by atoms with Crippen LogP contribution in [0, 0.1) is 12.3 Å². The zero-order chi connectivity index (χ0) is 45.2. The minimum absolute atomic E-state index is 0.0136. The van der Waals surface area contributed by atoms with Gasteiger partial charge < -0.3 is 70.2 Å². The fourth-order valence-corrected chi connectivity index (χ4v) is 6.28. The summed E-state index contributed by atoms with van der Waals surface area (Å²) in [4.78, 5) is 51.6. The molecule has 0 spiro atoms. The van der Waals surface area contributed by atoms with Gasteiger partial charge in [0.15, 0.2) is 53.5 Å². The fraction of sp³-hybridized carbons (Fsp3) is 0.583. The number of anilines is 2. The first-order valence-corrected chi connectivity index (χ1v) is 19.4. The van der Waals surface area contributed by atoms with E-state index < -0.39 is 79.4 Å². The molecule has 4 aromatic rings. The van der Waals surface area contributed by atoms with E-state index in [-0.39, 0.29) is 57.9 Å². The van der Waals surface area contributed by atoms with Crippen molar-refractivity contribution in [1.82, 2.24) is 39.0 Å². The van der Waals surface area contributed by atoms with Crippen LogP contribution in [0.3, 0.4) is 0 Å². The van der Waals surface area contributed by atoms with Gasteiger partial charge in [0.2, 0.25) is 0 Å². The van der Waals surface area contributed by atoms with Gasteiger partial charge in [0.25, 0.3) is 0 Å². The number of carbonyl (C=O) groups is 2. The maximum absolute atomic E-state index is 11.8. The van der Waals surface area contributed by atoms with Crippen LogP contribution in [-0.4, -0.2) is 184 Å². The normalized spacial score (nSPS) is 26.3. The molecule has 9 N–H and O–H groups in total. The average Bonchev–Trinajstić information content (AvgIpc) is 4.10. The lowest BCUT2D eigenvalue weighted by Crippen LogP contribution is -2.34. The number of aliphatic hydroxyl groups excluding tert-OH is 5. The quantitative estimate of drug-likeness (QED) is 0.0301. The van der Waals surface area contributed by atoms with Gasteiger partial charge in [0, 0.05) is 6.42 Å². The monoisotopic (exact) mass is 885 g/mol. The maximum Gasteiger partial charge on any atom is 0.347 e. The smallest absolute Gasteiger partial charge is 0.347 e. The number of hydrogen-bond acceptors (Lipinski definition) is 25. The number of ether oxygens (including phenoxy) is 7. The van der Waals surface area contributed by atoms with Crippen LogP contribution < -0.4 is 11.5 Å². The standard InChI is InChI=1S/C23H32N8O10.C13H15N5O4/c1-11(32)22(35)40-12(2)23(36)39-6-5-37-4-3-14-28-15(30-29-14)8-38-7-13-17(33)18(34)21(41-13)31-10-27-16-19(24)25-9-26-20(16)31;1-2-3-21-4-7-9(19)10(20)13(22-7)18-6-17-8-11(14)15-5-16-12(8)18/h9-14,17-18,21,32-34H,3-8H2,1-2H3,(H2,24,25,26);1,5-7,9-10,13,19-20H,3-4H2,(H2,14,15,16)/t11?,12?,13-,14?,17?,18+,21-;7?,9-,10-,13-/m11/s1. The molecule has 0 aromatic carbocycles. The molecule has 4 aromatic heterocycles. The highest BCUT2D eigenvalue weighted by atomic mass is 16.6. The van der Waals surface area contributed by atoms with E-state index in [1.165, 1.54) is 48.3 Å². The summed E-state index contributed by atoms with van der Waals surface area (Å²) < 4.78 is 40.3. The predicted octanol–water partition coefficient (Wildman–Crippen LogP) is -2.83. The minimum Gasteiger partial charge on any atom is -0.461 e. The number of rotatable bonds is 18. The predicted molar refractivity (Wildman–Crippen MR) is 211 cm³/mol. The van der Waals surface area contributed by atoms with Crippen LogP contribution in [0.15, 0.2) is 40.5 Å². The third kappa shape index (κ3) is 11.2. The first-order valence-electron chi connectivity index (χ1n) is 19.4. The molecule has 0 amide bonds. The van der Waals surface area contributed by atoms with Crippen molar-refractivity contribution in [2.24, 2.45) is 15.2 Å². The molecule has 7 rings (SSSR count). The average molecular weight is 886 g/mol. The van der Waals surface area contributed by atoms with Crippen LogP contribution in [0.1, 0.15) is 32.7 Å². The highest BCUT2D eigenvalue weighted by molar-refractivity contribution is 5.85. The highest BCUT2D eigenvalue weighted by Crippen LogP contribution is 2.33. The van der Waals surface area contributed by atoms with Gasteiger partial charge in [-0.25, -0.2) is 44.5 Å². The van der Waals surface area contributed by atoms with Gasteiger partial charge in [-0.15, -0.1) is 11.5 Å². The second kappa shape index (κ2) is 21.4. The van der Waals surface area contributed by atoms with Crippen molar-refractivity contribution in [1.29, 1.82) is 0 Å². The van der Waals surface area contributed by atoms with Gasteiger partial charge in [-0.2, -0.15) is 5.11 Å². The number of azo groups is 1. The molecule has 0 aliphatic carbocycles. The van der Waals surface area contributed by atoms with E-state index in [1.807, 2.05) is 0 Å². The van der Waals surface area contributed by atoms with Gasteiger partial charge in [-0.05, 0) is 13.8 Å². The third-order valence-electron chi connectivity index (χ3n) is 9.54. The first-order chi connectivity index (χ1) is 30.3. The van der Waals surface area contributed by atoms with Crippen LogP contribution >= 0.6 is 0 Å². The van der Waals surface area contributed by atoms with Crippen molar-refractivity contribution in [2.75, 3.05) is 57.7 Å². The van der Waals surface area contributed by atoms with E-state index in [1.54, 1.807) is 0 Å². The Morgan fingerprint density at radius 3 is 1.92 bits per heavy atom. The highest BCUT2D eigenvalue weighted by Gasteiger charge is 2.45. The molecule has 2 fully saturated rings. The van der Waals surface area contributed by atoms with Crippen LogP contribution in [0.5, 0.6) is 0 Å². The van der Waals surface area contributed by atoms with Crippen molar-refractivity contribution in [3.63, 3.8) is 0 Å². The number of aliphatic hydroxyl groups is 5. The summed E-state index contributed by atoms with van der Waals surface area (Å²) in [5, 5.41) is 58.4. The molecular weight excluding hydrogens is 838 g/mol. The molecule has 11 atom stereocenters. The number of imidazole rings is 2. The molecule has 2 saturated heterocycles. The van der Waals surface area contributed by atoms with E-state index in [0.29, 0.717) is 34.6 Å². The molecule has 0 saturated carbocycles. The Balaban J connectivity index is 0.000000251. The van der Waals surface area contributed by atoms with E-state index in [2.05, 4.69) is 51.0 Å². The maximum atomic E-state index is 11.8. The number of esters is 2. The van der Waals surface area contributed by atoms with Crippen molar-refractivity contribution in [3.05, 3.63) is 25.3 Å². The number of aliphatic imine (C=N–C) groups is 1. The number of nitrogens with two attached hydrogens (primary N) is 2. The van der Waals surface area contributed by atoms with Gasteiger partial charge in [-0.3, -0.25) is 9.13 Å². The Morgan fingerprint density at radius 1 is 0.794 bits per heavy atom. The summed E-state index contributed by atoms with van der Waals surface area (Å²) >= 11 is 0. The second-order valence-electron chi connectivity index (χ2n) is 14.1. The van der Waals surface area contributed by atoms with Crippen LogP contribution in [0.25, 0.3) is 22.3 Å². The Kier molecular flexibility index (Phi) is 15.8. The van der Waals surface area contributed by atoms with E-state index in [0.717, 1.165) is 0 Å². The number of nitrogen functional groups attached to an aromatic ring is 2. The number of nitrogens with zero attached hydrogens (tertiary/aromatic N) is 11. The Labute approximate surface area is 357 Å². The van der Waals surface area contributed by atoms with Gasteiger partial charge >= 0.3 is 11.9 Å². The third-order valence-corrected chi connectivity index (χ3v) is 9.54. The van der Waals surface area contributed by atoms with E-state index >= 15 is 0 Å². The number of terminal acetylenes is 1. The fourth-order valence-electron chi connectivity index (χ4n) is 6.28. The Morgan fingerprint density at radius 2 is 1.37 bits per heavy atom. The molecule has 7 heterocycles. The van der Waals surface area contributed by atoms with Crippen LogP contribution in [-0.2, 0) is 42.7 Å². The summed E-state index contributed by atoms with van der Waals surface area (Å²) in [6.07, 6.45) is -0.125. The zero-order valence-corrected chi connectivity index (χ0v) is 33.9. The van der Waals surface area contributed by atoms with Crippen molar-refractivity contribution >= 4 is 51.7 Å². The van der Waals surface area contributed by atoms with Gasteiger partial charge in [0.1, 0.15) is 86.2 Å². The van der Waals surface area contributed by atoms with Crippen LogP contribution in [0.4, 0.5) is 11.6 Å². The summed E-state index contributed by atoms with van der Waals surface area (Å²) in [5.74, 6) is 1.41. The first kappa shape index (κ1) is 46.6. The Bertz CT molecular complexity index is 2290. The van der Waals surface area contributed by atoms with Gasteiger partial charge in [0.05, 0.1) is 39.1 Å². The lowest BCUT2D eigenvalue weighted by Gasteiger charge is -2.16. The summed E-state index contributed by atoms with van der Waals surface area (Å²) in [5.41, 5.74) is 13.1. The lowest BCUT2D eigenvalue weighted by atomic mass is 10.1. The van der Waals surface area contributed by atoms with Crippen molar-refractivity contribution < 1.29 is 68.3 Å². The lowest BCUT2D eigenvalue weighted by molar-refractivity contribution is -0.172. The molecule has 27 nitrogen and oxygen atoms in total. The number of hydrogen-bond donors (Lipinski definition) is 7. The second-order valence-corrected chi connectivity index (χ2v) is 14.1. The van der Waals surface area contributed by atoms with Gasteiger partial charge in [-0.1, -0.05) is 5.92 Å². The number of carbonyl (C=O) groups excluding carboxylic acids is 2. The zero-order valence-electron chi connectivity index (χ0n) is 33.9. The summed E-state index contributed by atoms with van der Waals surface area (Å²) in [6, 6.07) is 0. The summed E-state index contributed by atoms with van der Waals surface area (Å²) in [6.45, 7) is 3.05. The largest absolute Gasteiger partial charge is 0.461 e. The van der Waals surface area contributed by atoms with Crippen molar-refractivity contribution in [3.8, 4) is 12.3 Å². The number of amidine groups is 1. The molecule has 3 aliphatic heterocycles. The van der Waals surface area contributed by atoms with E-state index in [4.69, 9.17) is 56.2 Å². The van der Waals surface area contributed by atoms with E-state index in [9.17, 15) is 30.0 Å². The number of aromatic nitrogens is 8. The SMILES string of the molecule is C#CCOCC1O[C@@H](n2cnc3c(N)ncnc32)[C@H](O)[C@@H]1O.CC(O)C(=O)OC(C)C(=O)OCCOCCC1N=NC(COC[C@H]2O[C@@H](n3cnc4c(N)ncnc43)[C@@H](O)C2O)=N1. The van der Waals surface area contributed by atoms with Crippen LogP contribution in [0.2, 0.25) is 0 Å². The number of fused-ring (bicyclic) bond motifs is 2. The molecule has 0 bridgehead atoms. The molecule has 5 unspecified atom stereocenters. The molecule has 27 heteroatoms. The molecule has 63 heavy (non-hydrogen) atoms. The topological polar surface area (TPSA) is 376 Å². The summed E-state index contributed by atoms with van der Waals surface area (Å²) in [7, 11) is 0.